The lowest BCUT2D eigenvalue weighted by Crippen LogP contribution is -2.53. The quantitative estimate of drug-likeness (QED) is 0.874. The van der Waals surface area contributed by atoms with Gasteiger partial charge in [-0.3, -0.25) is 4.79 Å². The number of carbonyl (C=O) groups excluding carboxylic acids is 1. The maximum atomic E-state index is 12.6. The van der Waals surface area contributed by atoms with Crippen molar-refractivity contribution < 1.29 is 4.79 Å². The van der Waals surface area contributed by atoms with Gasteiger partial charge in [0.15, 0.2) is 0 Å². The molecule has 0 bridgehead atoms. The number of nitrogens with two attached hydrogens (primary N) is 1. The van der Waals surface area contributed by atoms with E-state index >= 15 is 0 Å². The van der Waals surface area contributed by atoms with E-state index in [0.29, 0.717) is 18.0 Å². The second-order valence-corrected chi connectivity index (χ2v) is 6.19. The molecule has 1 unspecified atom stereocenters. The average molecular weight is 299 g/mol. The summed E-state index contributed by atoms with van der Waals surface area (Å²) in [6.45, 7) is 4.41. The van der Waals surface area contributed by atoms with Crippen LogP contribution in [0.15, 0.2) is 30.9 Å². The third-order valence-electron chi connectivity index (χ3n) is 4.44. The summed E-state index contributed by atoms with van der Waals surface area (Å²) in [6, 6.07) is 5.62. The van der Waals surface area contributed by atoms with Crippen LogP contribution < -0.4 is 11.1 Å². The van der Waals surface area contributed by atoms with Crippen molar-refractivity contribution in [2.75, 3.05) is 6.54 Å². The van der Waals surface area contributed by atoms with Crippen LogP contribution in [0.1, 0.15) is 35.7 Å². The molecule has 1 aliphatic carbocycles. The molecule has 2 aromatic rings. The van der Waals surface area contributed by atoms with E-state index in [0.717, 1.165) is 24.1 Å². The zero-order valence-electron chi connectivity index (χ0n) is 12.9. The molecule has 6 heteroatoms. The number of aromatic nitrogens is 3. The molecule has 0 aliphatic heterocycles. The van der Waals surface area contributed by atoms with Crippen molar-refractivity contribution in [1.29, 1.82) is 0 Å². The minimum absolute atomic E-state index is 0.0671. The summed E-state index contributed by atoms with van der Waals surface area (Å²) in [7, 11) is 0. The summed E-state index contributed by atoms with van der Waals surface area (Å²) in [6.07, 6.45) is 5.39. The van der Waals surface area contributed by atoms with E-state index in [-0.39, 0.29) is 11.4 Å². The molecule has 6 nitrogen and oxygen atoms in total. The summed E-state index contributed by atoms with van der Waals surface area (Å²) < 4.78 is 1.67. The Hall–Kier alpha value is -2.21. The topological polar surface area (TPSA) is 85.8 Å². The van der Waals surface area contributed by atoms with Gasteiger partial charge in [0.2, 0.25) is 0 Å². The Morgan fingerprint density at radius 3 is 2.82 bits per heavy atom. The summed E-state index contributed by atoms with van der Waals surface area (Å²) in [4.78, 5) is 16.5. The molecule has 116 valence electrons. The van der Waals surface area contributed by atoms with Crippen LogP contribution in [0.25, 0.3) is 5.69 Å². The first-order valence-electron chi connectivity index (χ1n) is 7.52. The van der Waals surface area contributed by atoms with Gasteiger partial charge in [0.05, 0.1) is 11.2 Å². The maximum absolute atomic E-state index is 12.6. The van der Waals surface area contributed by atoms with Crippen molar-refractivity contribution in [1.82, 2.24) is 20.1 Å². The molecule has 0 radical (unpaired) electrons. The highest BCUT2D eigenvalue weighted by Crippen LogP contribution is 2.39. The van der Waals surface area contributed by atoms with E-state index in [4.69, 9.17) is 5.73 Å². The zero-order valence-corrected chi connectivity index (χ0v) is 12.9. The van der Waals surface area contributed by atoms with Crippen molar-refractivity contribution in [3.05, 3.63) is 42.0 Å². The van der Waals surface area contributed by atoms with Gasteiger partial charge < -0.3 is 11.1 Å². The van der Waals surface area contributed by atoms with Gasteiger partial charge in [-0.15, -0.1) is 0 Å². The van der Waals surface area contributed by atoms with Gasteiger partial charge in [0.25, 0.3) is 5.91 Å². The van der Waals surface area contributed by atoms with E-state index in [9.17, 15) is 4.79 Å². The monoisotopic (exact) mass is 299 g/mol. The lowest BCUT2D eigenvalue weighted by molar-refractivity contribution is 0.0897. The zero-order chi connectivity index (χ0) is 15.7. The van der Waals surface area contributed by atoms with E-state index in [1.54, 1.807) is 11.0 Å². The molecule has 1 saturated carbocycles. The fraction of sp³-hybridized carbons (Fsp3) is 0.438. The van der Waals surface area contributed by atoms with Gasteiger partial charge in [-0.2, -0.15) is 5.10 Å². The van der Waals surface area contributed by atoms with Crippen LogP contribution >= 0.6 is 0 Å². The molecule has 3 N–H and O–H groups in total. The van der Waals surface area contributed by atoms with Gasteiger partial charge in [0.1, 0.15) is 12.7 Å². The smallest absolute Gasteiger partial charge is 0.252 e. The molecule has 1 aliphatic rings. The molecule has 1 fully saturated rings. The Morgan fingerprint density at radius 2 is 2.27 bits per heavy atom. The van der Waals surface area contributed by atoms with Gasteiger partial charge in [-0.1, -0.05) is 0 Å². The summed E-state index contributed by atoms with van der Waals surface area (Å²) in [5.74, 6) is 0.429. The lowest BCUT2D eigenvalue weighted by atomic mass is 9.95. The average Bonchev–Trinajstić information content (AvgIpc) is 3.23. The molecule has 1 aromatic carbocycles. The highest BCUT2D eigenvalue weighted by atomic mass is 16.1. The molecular formula is C16H21N5O. The molecule has 1 amide bonds. The normalized spacial score (nSPS) is 17.0. The lowest BCUT2D eigenvalue weighted by Gasteiger charge is -2.29. The van der Waals surface area contributed by atoms with Crippen molar-refractivity contribution >= 4 is 5.91 Å². The third kappa shape index (κ3) is 2.74. The van der Waals surface area contributed by atoms with E-state index in [1.165, 1.54) is 6.33 Å². The number of nitrogens with zero attached hydrogens (tertiary/aromatic N) is 3. The first kappa shape index (κ1) is 14.7. The third-order valence-corrected chi connectivity index (χ3v) is 4.44. The second-order valence-electron chi connectivity index (χ2n) is 6.19. The molecule has 3 rings (SSSR count). The van der Waals surface area contributed by atoms with Crippen molar-refractivity contribution in [3.8, 4) is 5.69 Å². The predicted molar refractivity (Wildman–Crippen MR) is 83.7 cm³/mol. The summed E-state index contributed by atoms with van der Waals surface area (Å²) in [5, 5.41) is 7.21. The summed E-state index contributed by atoms with van der Waals surface area (Å²) >= 11 is 0. The molecule has 1 atom stereocenters. The Labute approximate surface area is 129 Å². The van der Waals surface area contributed by atoms with Crippen LogP contribution in [-0.2, 0) is 0 Å². The Kier molecular flexibility index (Phi) is 3.70. The Morgan fingerprint density at radius 1 is 1.50 bits per heavy atom. The number of hydrogen-bond acceptors (Lipinski definition) is 4. The van der Waals surface area contributed by atoms with Crippen LogP contribution in [0, 0.1) is 12.8 Å². The van der Waals surface area contributed by atoms with Crippen LogP contribution in [0.2, 0.25) is 0 Å². The van der Waals surface area contributed by atoms with Crippen molar-refractivity contribution in [2.24, 2.45) is 11.7 Å². The van der Waals surface area contributed by atoms with Gasteiger partial charge >= 0.3 is 0 Å². The van der Waals surface area contributed by atoms with Gasteiger partial charge in [-0.25, -0.2) is 9.67 Å². The van der Waals surface area contributed by atoms with E-state index in [2.05, 4.69) is 15.4 Å². The fourth-order valence-corrected chi connectivity index (χ4v) is 2.75. The fourth-order valence-electron chi connectivity index (χ4n) is 2.75. The van der Waals surface area contributed by atoms with Crippen LogP contribution in [0.5, 0.6) is 0 Å². The van der Waals surface area contributed by atoms with Crippen LogP contribution in [-0.4, -0.2) is 32.8 Å². The largest absolute Gasteiger partial charge is 0.345 e. The maximum Gasteiger partial charge on any atom is 0.252 e. The van der Waals surface area contributed by atoms with Crippen molar-refractivity contribution in [2.45, 2.75) is 32.2 Å². The van der Waals surface area contributed by atoms with Crippen LogP contribution in [0.4, 0.5) is 0 Å². The molecule has 0 spiro atoms. The Bertz CT molecular complexity index is 678. The Balaban J connectivity index is 1.81. The van der Waals surface area contributed by atoms with Crippen LogP contribution in [0.3, 0.4) is 0 Å². The van der Waals surface area contributed by atoms with Gasteiger partial charge in [0, 0.05) is 12.1 Å². The predicted octanol–water partition coefficient (Wildman–Crippen LogP) is 1.43. The van der Waals surface area contributed by atoms with Crippen molar-refractivity contribution in [3.63, 3.8) is 0 Å². The SMILES string of the molecule is Cc1cc(-n2cncn2)ccc1C(=O)NC(C)(CN)C1CC1. The molecule has 0 saturated heterocycles. The van der Waals surface area contributed by atoms with E-state index in [1.807, 2.05) is 32.0 Å². The molecule has 1 heterocycles. The first-order valence-corrected chi connectivity index (χ1v) is 7.52. The summed E-state index contributed by atoms with van der Waals surface area (Å²) in [5.41, 5.74) is 8.01. The highest BCUT2D eigenvalue weighted by Gasteiger charge is 2.41. The minimum atomic E-state index is -0.311. The van der Waals surface area contributed by atoms with E-state index < -0.39 is 0 Å². The van der Waals surface area contributed by atoms with Gasteiger partial charge in [-0.05, 0) is 56.4 Å². The molecular weight excluding hydrogens is 278 g/mol. The first-order chi connectivity index (χ1) is 10.5. The number of rotatable bonds is 5. The number of benzene rings is 1. The minimum Gasteiger partial charge on any atom is -0.345 e. The number of amides is 1. The molecule has 1 aromatic heterocycles. The number of nitrogens with one attached hydrogen (secondary N) is 1. The highest BCUT2D eigenvalue weighted by molar-refractivity contribution is 5.96. The number of aryl methyl sites for hydroxylation is 1. The number of hydrogen-bond donors (Lipinski definition) is 2. The molecule has 22 heavy (non-hydrogen) atoms. The number of carbonyl (C=O) groups is 1. The second kappa shape index (κ2) is 5.53. The standard InChI is InChI=1S/C16H21N5O/c1-11-7-13(21-10-18-9-19-21)5-6-14(11)15(22)20-16(2,8-17)12-3-4-12/h5-7,9-10,12H,3-4,8,17H2,1-2H3,(H,20,22).